The van der Waals surface area contributed by atoms with Crippen molar-refractivity contribution < 1.29 is 26.7 Å². The van der Waals surface area contributed by atoms with Crippen LogP contribution in [0.15, 0.2) is 14.5 Å². The number of thiophene rings is 1. The molecule has 0 saturated heterocycles. The summed E-state index contributed by atoms with van der Waals surface area (Å²) in [7, 11) is -7.69. The summed E-state index contributed by atoms with van der Waals surface area (Å²) >= 11 is 0.665. The van der Waals surface area contributed by atoms with E-state index in [9.17, 15) is 21.6 Å². The summed E-state index contributed by atoms with van der Waals surface area (Å²) in [6.45, 7) is 2.46. The van der Waals surface area contributed by atoms with Crippen molar-refractivity contribution >= 4 is 37.2 Å². The maximum absolute atomic E-state index is 12.8. The average molecular weight is 397 g/mol. The largest absolute Gasteiger partial charge is 0.481 e. The Hall–Kier alpha value is -1.01. The third-order valence-electron chi connectivity index (χ3n) is 3.92. The van der Waals surface area contributed by atoms with Crippen molar-refractivity contribution in [2.24, 2.45) is 5.14 Å². The summed E-state index contributed by atoms with van der Waals surface area (Å²) in [6, 6.07) is 1.03. The SMILES string of the molecule is CCN[C@H]1C[C@H](CCCC(=O)O)S(=O)(=O)c2sc(S(N)(=O)=O)cc21. The third-order valence-corrected chi connectivity index (χ3v) is 9.29. The van der Waals surface area contributed by atoms with Crippen LogP contribution in [0.4, 0.5) is 0 Å². The first-order valence-electron chi connectivity index (χ1n) is 7.43. The number of nitrogens with two attached hydrogens (primary N) is 1. The minimum atomic E-state index is -3.98. The quantitative estimate of drug-likeness (QED) is 0.619. The molecule has 0 aromatic carbocycles. The zero-order chi connectivity index (χ0) is 18.1. The number of hydrogen-bond donors (Lipinski definition) is 3. The average Bonchev–Trinajstić information content (AvgIpc) is 2.90. The summed E-state index contributed by atoms with van der Waals surface area (Å²) in [6.07, 6.45) is 0.653. The molecule has 0 fully saturated rings. The van der Waals surface area contributed by atoms with Crippen molar-refractivity contribution in [1.29, 1.82) is 0 Å². The van der Waals surface area contributed by atoms with E-state index >= 15 is 0 Å². The van der Waals surface area contributed by atoms with E-state index in [0.29, 0.717) is 23.4 Å². The van der Waals surface area contributed by atoms with Crippen molar-refractivity contribution in [2.45, 2.75) is 52.3 Å². The van der Waals surface area contributed by atoms with Gasteiger partial charge in [-0.2, -0.15) is 0 Å². The van der Waals surface area contributed by atoms with Crippen molar-refractivity contribution in [3.05, 3.63) is 11.6 Å². The number of hydrogen-bond acceptors (Lipinski definition) is 7. The minimum absolute atomic E-state index is 0.0176. The second-order valence-corrected chi connectivity index (χ2v) is 10.9. The number of sulfonamides is 1. The maximum Gasteiger partial charge on any atom is 0.303 e. The van der Waals surface area contributed by atoms with Gasteiger partial charge in [0.1, 0.15) is 8.42 Å². The van der Waals surface area contributed by atoms with Crippen LogP contribution >= 0.6 is 11.3 Å². The molecular weight excluding hydrogens is 376 g/mol. The van der Waals surface area contributed by atoms with Crippen LogP contribution in [0.5, 0.6) is 0 Å². The first kappa shape index (κ1) is 19.3. The molecule has 4 N–H and O–H groups in total. The third kappa shape index (κ3) is 3.97. The predicted octanol–water partition coefficient (Wildman–Crippen LogP) is 0.847. The Balaban J connectivity index is 2.41. The number of carbonyl (C=O) groups is 1. The molecule has 0 aliphatic carbocycles. The fourth-order valence-electron chi connectivity index (χ4n) is 2.83. The van der Waals surface area contributed by atoms with Crippen molar-refractivity contribution in [3.8, 4) is 0 Å². The molecule has 24 heavy (non-hydrogen) atoms. The van der Waals surface area contributed by atoms with Gasteiger partial charge in [0.05, 0.1) is 5.25 Å². The van der Waals surface area contributed by atoms with Crippen LogP contribution in [0, 0.1) is 0 Å². The van der Waals surface area contributed by atoms with Gasteiger partial charge in [0, 0.05) is 18.0 Å². The van der Waals surface area contributed by atoms with E-state index in [0.717, 1.165) is 0 Å². The molecule has 1 aromatic heterocycles. The van der Waals surface area contributed by atoms with E-state index in [2.05, 4.69) is 5.32 Å². The van der Waals surface area contributed by atoms with Gasteiger partial charge in [0.25, 0.3) is 0 Å². The molecule has 11 heteroatoms. The van der Waals surface area contributed by atoms with Crippen LogP contribution in [0.3, 0.4) is 0 Å². The van der Waals surface area contributed by atoms with Gasteiger partial charge in [-0.25, -0.2) is 22.0 Å². The molecule has 2 rings (SSSR count). The first-order chi connectivity index (χ1) is 11.1. The lowest BCUT2D eigenvalue weighted by molar-refractivity contribution is -0.137. The van der Waals surface area contributed by atoms with E-state index < -0.39 is 31.1 Å². The molecule has 2 atom stereocenters. The molecule has 0 unspecified atom stereocenters. The van der Waals surface area contributed by atoms with Crippen molar-refractivity contribution in [3.63, 3.8) is 0 Å². The molecule has 0 amide bonds. The lowest BCUT2D eigenvalue weighted by Crippen LogP contribution is -2.35. The number of nitrogens with one attached hydrogen (secondary N) is 1. The molecular formula is C13H20N2O6S3. The smallest absolute Gasteiger partial charge is 0.303 e. The van der Waals surface area contributed by atoms with E-state index in [1.807, 2.05) is 6.92 Å². The second-order valence-electron chi connectivity index (χ2n) is 5.65. The van der Waals surface area contributed by atoms with Crippen molar-refractivity contribution in [2.75, 3.05) is 6.54 Å². The van der Waals surface area contributed by atoms with Gasteiger partial charge in [0.2, 0.25) is 10.0 Å². The highest BCUT2D eigenvalue weighted by atomic mass is 32.3. The normalized spacial score (nSPS) is 22.9. The second kappa shape index (κ2) is 7.08. The van der Waals surface area contributed by atoms with Gasteiger partial charge >= 0.3 is 5.97 Å². The Morgan fingerprint density at radius 1 is 1.50 bits per heavy atom. The Bertz CT molecular complexity index is 828. The highest BCUT2D eigenvalue weighted by molar-refractivity contribution is 7.95. The Morgan fingerprint density at radius 2 is 2.17 bits per heavy atom. The Labute approximate surface area is 145 Å². The molecule has 8 nitrogen and oxygen atoms in total. The molecule has 136 valence electrons. The number of carboxylic acids is 1. The van der Waals surface area contributed by atoms with Crippen molar-refractivity contribution in [1.82, 2.24) is 5.32 Å². The van der Waals surface area contributed by atoms with Gasteiger partial charge in [0.15, 0.2) is 9.84 Å². The highest BCUT2D eigenvalue weighted by Crippen LogP contribution is 2.43. The molecule has 1 aromatic rings. The molecule has 1 aliphatic rings. The first-order valence-corrected chi connectivity index (χ1v) is 11.3. The zero-order valence-corrected chi connectivity index (χ0v) is 15.5. The van der Waals surface area contributed by atoms with Crippen LogP contribution in [-0.2, 0) is 24.7 Å². The van der Waals surface area contributed by atoms with Crippen LogP contribution in [0.1, 0.15) is 44.2 Å². The molecule has 0 spiro atoms. The fourth-order valence-corrected chi connectivity index (χ4v) is 7.58. The number of carboxylic acid groups (broad SMARTS) is 1. The molecule has 1 aliphatic heterocycles. The summed E-state index contributed by atoms with van der Waals surface area (Å²) < 4.78 is 48.5. The van der Waals surface area contributed by atoms with Crippen LogP contribution < -0.4 is 10.5 Å². The molecule has 2 heterocycles. The topological polar surface area (TPSA) is 144 Å². The lowest BCUT2D eigenvalue weighted by atomic mass is 10.0. The van der Waals surface area contributed by atoms with E-state index in [1.54, 1.807) is 0 Å². The van der Waals surface area contributed by atoms with Crippen LogP contribution in [0.2, 0.25) is 0 Å². The molecule has 0 bridgehead atoms. The minimum Gasteiger partial charge on any atom is -0.481 e. The Kier molecular flexibility index (Phi) is 5.70. The van der Waals surface area contributed by atoms with Gasteiger partial charge in [-0.1, -0.05) is 6.92 Å². The lowest BCUT2D eigenvalue weighted by Gasteiger charge is -2.29. The van der Waals surface area contributed by atoms with Gasteiger partial charge in [-0.15, -0.1) is 11.3 Å². The number of aliphatic carboxylic acids is 1. The summed E-state index contributed by atoms with van der Waals surface area (Å²) in [4.78, 5) is 10.6. The van der Waals surface area contributed by atoms with Gasteiger partial charge < -0.3 is 10.4 Å². The predicted molar refractivity (Wildman–Crippen MR) is 89.2 cm³/mol. The number of sulfone groups is 1. The summed E-state index contributed by atoms with van der Waals surface area (Å²) in [5.41, 5.74) is 0.431. The summed E-state index contributed by atoms with van der Waals surface area (Å²) in [5, 5.41) is 16.3. The highest BCUT2D eigenvalue weighted by Gasteiger charge is 2.41. The van der Waals surface area contributed by atoms with E-state index in [-0.39, 0.29) is 40.1 Å². The Morgan fingerprint density at radius 3 is 2.71 bits per heavy atom. The fraction of sp³-hybridized carbons (Fsp3) is 0.615. The number of rotatable bonds is 7. The monoisotopic (exact) mass is 396 g/mol. The van der Waals surface area contributed by atoms with Gasteiger partial charge in [-0.05, 0) is 31.9 Å². The van der Waals surface area contributed by atoms with Crippen LogP contribution in [0.25, 0.3) is 0 Å². The molecule has 0 radical (unpaired) electrons. The maximum atomic E-state index is 12.8. The van der Waals surface area contributed by atoms with Crippen LogP contribution in [-0.4, -0.2) is 39.7 Å². The zero-order valence-electron chi connectivity index (χ0n) is 13.1. The van der Waals surface area contributed by atoms with E-state index in [1.165, 1.54) is 6.07 Å². The standard InChI is InChI=1S/C13H20N2O6S3/c1-2-15-10-6-8(4-3-5-11(16)17)23(18,19)13-9(10)7-12(22-13)24(14,20)21/h7-8,10,15H,2-6H2,1H3,(H,16,17)(H2,14,20,21)/t8-,10-/m0/s1. The molecule has 0 saturated carbocycles. The number of primary sulfonamides is 1. The number of fused-ring (bicyclic) bond motifs is 1. The van der Waals surface area contributed by atoms with E-state index in [4.69, 9.17) is 10.2 Å². The van der Waals surface area contributed by atoms with Gasteiger partial charge in [-0.3, -0.25) is 4.79 Å². The summed E-state index contributed by atoms with van der Waals surface area (Å²) in [5.74, 6) is -0.972.